The number of halogens is 1. The number of carbonyl (C=O) groups excluding carboxylic acids is 1. The molecule has 174 valence electrons. The molecule has 2 fully saturated rings. The van der Waals surface area contributed by atoms with Gasteiger partial charge in [0.05, 0.1) is 5.39 Å². The zero-order chi connectivity index (χ0) is 23.3. The lowest BCUT2D eigenvalue weighted by Crippen LogP contribution is -2.54. The lowest BCUT2D eigenvalue weighted by atomic mass is 10.1. The van der Waals surface area contributed by atoms with E-state index in [2.05, 4.69) is 23.0 Å². The van der Waals surface area contributed by atoms with Gasteiger partial charge in [0.1, 0.15) is 29.2 Å². The van der Waals surface area contributed by atoms with Crippen molar-refractivity contribution in [3.8, 4) is 5.69 Å². The summed E-state index contributed by atoms with van der Waals surface area (Å²) in [5.41, 5.74) is 2.43. The van der Waals surface area contributed by atoms with Gasteiger partial charge in [-0.05, 0) is 76.3 Å². The van der Waals surface area contributed by atoms with Crippen molar-refractivity contribution in [2.45, 2.75) is 58.1 Å². The number of nitrogens with zero attached hydrogens (tertiary/aromatic N) is 5. The average molecular weight is 452 g/mol. The van der Waals surface area contributed by atoms with Crippen LogP contribution in [0, 0.1) is 5.82 Å². The Labute approximate surface area is 193 Å². The van der Waals surface area contributed by atoms with Gasteiger partial charge in [-0.3, -0.25) is 0 Å². The van der Waals surface area contributed by atoms with E-state index in [1.54, 1.807) is 23.4 Å². The largest absolute Gasteiger partial charge is 0.444 e. The Morgan fingerprint density at radius 3 is 2.48 bits per heavy atom. The predicted octanol–water partition coefficient (Wildman–Crippen LogP) is 4.88. The quantitative estimate of drug-likeness (QED) is 0.568. The molecule has 2 aliphatic rings. The average Bonchev–Trinajstić information content (AvgIpc) is 3.53. The molecule has 1 aliphatic heterocycles. The van der Waals surface area contributed by atoms with Crippen LogP contribution in [0.1, 0.15) is 52.0 Å². The molecule has 5 rings (SSSR count). The van der Waals surface area contributed by atoms with Crippen LogP contribution >= 0.6 is 0 Å². The highest BCUT2D eigenvalue weighted by Crippen LogP contribution is 2.46. The van der Waals surface area contributed by atoms with Crippen LogP contribution in [0.25, 0.3) is 16.7 Å². The van der Waals surface area contributed by atoms with Gasteiger partial charge in [0.15, 0.2) is 0 Å². The van der Waals surface area contributed by atoms with Crippen molar-refractivity contribution in [3.63, 3.8) is 0 Å². The molecule has 1 amide bonds. The molecule has 7 nitrogen and oxygen atoms in total. The van der Waals surface area contributed by atoms with Crippen molar-refractivity contribution in [1.29, 1.82) is 0 Å². The summed E-state index contributed by atoms with van der Waals surface area (Å²) in [7, 11) is 0. The molecule has 1 saturated heterocycles. The summed E-state index contributed by atoms with van der Waals surface area (Å²) in [6.45, 7) is 9.56. The molecule has 1 aliphatic carbocycles. The fourth-order valence-electron chi connectivity index (χ4n) is 4.56. The van der Waals surface area contributed by atoms with E-state index in [-0.39, 0.29) is 18.0 Å². The molecule has 0 N–H and O–H groups in total. The van der Waals surface area contributed by atoms with E-state index in [0.717, 1.165) is 35.4 Å². The van der Waals surface area contributed by atoms with E-state index in [1.807, 2.05) is 25.3 Å². The van der Waals surface area contributed by atoms with E-state index >= 15 is 0 Å². The van der Waals surface area contributed by atoms with Gasteiger partial charge in [-0.2, -0.15) is 0 Å². The number of fused-ring (bicyclic) bond motifs is 1. The first kappa shape index (κ1) is 21.7. The van der Waals surface area contributed by atoms with Crippen LogP contribution < -0.4 is 4.90 Å². The molecular formula is C25H30FN5O2. The number of amides is 1. The molecule has 3 aromatic rings. The maximum atomic E-state index is 13.5. The van der Waals surface area contributed by atoms with Gasteiger partial charge in [0, 0.05) is 37.6 Å². The third-order valence-corrected chi connectivity index (χ3v) is 6.27. The smallest absolute Gasteiger partial charge is 0.410 e. The normalized spacial score (nSPS) is 19.2. The fourth-order valence-corrected chi connectivity index (χ4v) is 4.56. The van der Waals surface area contributed by atoms with Crippen molar-refractivity contribution in [1.82, 2.24) is 19.4 Å². The lowest BCUT2D eigenvalue weighted by molar-refractivity contribution is 0.0218. The maximum Gasteiger partial charge on any atom is 0.410 e. The minimum Gasteiger partial charge on any atom is -0.444 e. The Morgan fingerprint density at radius 1 is 1.12 bits per heavy atom. The van der Waals surface area contributed by atoms with Gasteiger partial charge in [0.2, 0.25) is 0 Å². The maximum absolute atomic E-state index is 13.5. The van der Waals surface area contributed by atoms with Crippen LogP contribution in [0.2, 0.25) is 0 Å². The van der Waals surface area contributed by atoms with Crippen LogP contribution in [0.15, 0.2) is 36.8 Å². The van der Waals surface area contributed by atoms with Crippen LogP contribution in [-0.2, 0) is 4.74 Å². The molecule has 0 spiro atoms. The molecule has 1 atom stereocenters. The second-order valence-electron chi connectivity index (χ2n) is 10.1. The van der Waals surface area contributed by atoms with Crippen molar-refractivity contribution in [2.24, 2.45) is 0 Å². The van der Waals surface area contributed by atoms with Crippen LogP contribution in [0.4, 0.5) is 15.0 Å². The molecule has 1 aromatic carbocycles. The Bertz CT molecular complexity index is 1180. The van der Waals surface area contributed by atoms with Crippen molar-refractivity contribution >= 4 is 22.9 Å². The summed E-state index contributed by atoms with van der Waals surface area (Å²) in [5.74, 6) is 1.14. The summed E-state index contributed by atoms with van der Waals surface area (Å²) < 4.78 is 21.1. The van der Waals surface area contributed by atoms with E-state index in [1.165, 1.54) is 17.7 Å². The zero-order valence-corrected chi connectivity index (χ0v) is 19.6. The van der Waals surface area contributed by atoms with Gasteiger partial charge in [-0.1, -0.05) is 0 Å². The number of hydrogen-bond acceptors (Lipinski definition) is 5. The number of anilines is 1. The minimum absolute atomic E-state index is 0.0746. The number of aromatic nitrogens is 3. The van der Waals surface area contributed by atoms with E-state index in [4.69, 9.17) is 9.72 Å². The molecule has 1 saturated carbocycles. The van der Waals surface area contributed by atoms with Gasteiger partial charge in [-0.25, -0.2) is 19.2 Å². The number of carbonyl (C=O) groups is 1. The monoisotopic (exact) mass is 451 g/mol. The predicted molar refractivity (Wildman–Crippen MR) is 125 cm³/mol. The summed E-state index contributed by atoms with van der Waals surface area (Å²) in [6, 6.07) is 6.56. The number of rotatable bonds is 3. The van der Waals surface area contributed by atoms with Crippen LogP contribution in [0.3, 0.4) is 0 Å². The highest BCUT2D eigenvalue weighted by atomic mass is 19.1. The van der Waals surface area contributed by atoms with Gasteiger partial charge < -0.3 is 19.1 Å². The Morgan fingerprint density at radius 2 is 1.85 bits per heavy atom. The van der Waals surface area contributed by atoms with Crippen LogP contribution in [-0.4, -0.2) is 56.8 Å². The number of piperazine rings is 1. The van der Waals surface area contributed by atoms with E-state index in [0.29, 0.717) is 25.6 Å². The third kappa shape index (κ3) is 4.26. The molecule has 33 heavy (non-hydrogen) atoms. The first-order valence-electron chi connectivity index (χ1n) is 11.6. The molecule has 8 heteroatoms. The van der Waals surface area contributed by atoms with Gasteiger partial charge in [0.25, 0.3) is 0 Å². The first-order chi connectivity index (χ1) is 15.7. The van der Waals surface area contributed by atoms with Crippen molar-refractivity contribution in [3.05, 3.63) is 48.2 Å². The summed E-state index contributed by atoms with van der Waals surface area (Å²) in [4.78, 5) is 26.0. The first-order valence-corrected chi connectivity index (χ1v) is 11.6. The number of benzene rings is 1. The molecule has 0 bridgehead atoms. The summed E-state index contributed by atoms with van der Waals surface area (Å²) in [6.07, 6.45) is 5.76. The minimum atomic E-state index is -0.515. The second kappa shape index (κ2) is 8.01. The Kier molecular flexibility index (Phi) is 5.26. The third-order valence-electron chi connectivity index (χ3n) is 6.27. The molecule has 0 unspecified atom stereocenters. The number of ether oxygens (including phenoxy) is 1. The van der Waals surface area contributed by atoms with E-state index in [9.17, 15) is 9.18 Å². The van der Waals surface area contributed by atoms with Gasteiger partial charge >= 0.3 is 6.09 Å². The Balaban J connectivity index is 1.49. The van der Waals surface area contributed by atoms with Crippen molar-refractivity contribution < 1.29 is 13.9 Å². The Hall–Kier alpha value is -3.16. The van der Waals surface area contributed by atoms with Crippen molar-refractivity contribution in [2.75, 3.05) is 24.5 Å². The SMILES string of the molecule is C[C@H]1CN(C(=O)OC(C)(C)C)CCN1c1ncnc2c1c(C1CC1)cn2-c1ccc(F)cc1. The summed E-state index contributed by atoms with van der Waals surface area (Å²) >= 11 is 0. The highest BCUT2D eigenvalue weighted by Gasteiger charge is 2.34. The molecule has 0 radical (unpaired) electrons. The zero-order valence-electron chi connectivity index (χ0n) is 19.6. The number of hydrogen-bond donors (Lipinski definition) is 0. The fraction of sp³-hybridized carbons (Fsp3) is 0.480. The van der Waals surface area contributed by atoms with Crippen LogP contribution in [0.5, 0.6) is 0 Å². The molecule has 3 heterocycles. The molecular weight excluding hydrogens is 421 g/mol. The van der Waals surface area contributed by atoms with Gasteiger partial charge in [-0.15, -0.1) is 0 Å². The van der Waals surface area contributed by atoms with E-state index < -0.39 is 5.60 Å². The second-order valence-corrected chi connectivity index (χ2v) is 10.1. The topological polar surface area (TPSA) is 63.5 Å². The lowest BCUT2D eigenvalue weighted by Gasteiger charge is -2.41. The standard InChI is InChI=1S/C25H30FN5O2/c1-16-13-29(24(32)33-25(2,3)4)11-12-30(16)22-21-20(17-5-6-17)14-31(23(21)28-15-27-22)19-9-7-18(26)8-10-19/h7-10,14-17H,5-6,11-13H2,1-4H3/t16-/m0/s1. The highest BCUT2D eigenvalue weighted by molar-refractivity contribution is 5.93. The summed E-state index contributed by atoms with van der Waals surface area (Å²) in [5, 5.41) is 1.06. The molecule has 2 aromatic heterocycles.